The molecule has 1 aliphatic heterocycles. The Kier molecular flexibility index (Phi) is 4.84. The zero-order chi connectivity index (χ0) is 19.7. The van der Waals surface area contributed by atoms with E-state index in [0.29, 0.717) is 17.9 Å². The number of ether oxygens (including phenoxy) is 1. The Labute approximate surface area is 159 Å². The first-order valence-electron chi connectivity index (χ1n) is 9.03. The minimum absolute atomic E-state index is 0.0134. The first kappa shape index (κ1) is 18.5. The second-order valence-corrected chi connectivity index (χ2v) is 7.14. The van der Waals surface area contributed by atoms with Crippen LogP contribution >= 0.6 is 0 Å². The van der Waals surface area contributed by atoms with Gasteiger partial charge in [0.1, 0.15) is 11.5 Å². The smallest absolute Gasteiger partial charge is 0.289 e. The number of hydrogen-bond acceptors (Lipinski definition) is 5. The van der Waals surface area contributed by atoms with Crippen molar-refractivity contribution in [3.05, 3.63) is 41.9 Å². The van der Waals surface area contributed by atoms with Crippen LogP contribution < -0.4 is 10.6 Å². The number of alkyl halides is 1. The summed E-state index contributed by atoms with van der Waals surface area (Å²) in [6.07, 6.45) is 0.491. The van der Waals surface area contributed by atoms with Crippen molar-refractivity contribution < 1.29 is 27.6 Å². The van der Waals surface area contributed by atoms with Gasteiger partial charge >= 0.3 is 0 Å². The summed E-state index contributed by atoms with van der Waals surface area (Å²) >= 11 is 0. The lowest BCUT2D eigenvalue weighted by Crippen LogP contribution is -2.47. The predicted octanol–water partition coefficient (Wildman–Crippen LogP) is 1.84. The van der Waals surface area contributed by atoms with Crippen LogP contribution in [0.5, 0.6) is 0 Å². The van der Waals surface area contributed by atoms with Crippen molar-refractivity contribution in [2.75, 3.05) is 19.8 Å². The number of nitrogens with one attached hydrogen (secondary N) is 2. The molecule has 2 fully saturated rings. The third kappa shape index (κ3) is 3.89. The average molecular weight is 391 g/mol. The highest BCUT2D eigenvalue weighted by Gasteiger charge is 2.51. The van der Waals surface area contributed by atoms with Crippen molar-refractivity contribution in [1.29, 1.82) is 0 Å². The highest BCUT2D eigenvalue weighted by molar-refractivity contribution is 5.92. The van der Waals surface area contributed by atoms with Crippen LogP contribution in [0.15, 0.2) is 34.9 Å². The summed E-state index contributed by atoms with van der Waals surface area (Å²) in [5.41, 5.74) is -0.707. The Morgan fingerprint density at radius 2 is 1.96 bits per heavy atom. The summed E-state index contributed by atoms with van der Waals surface area (Å²) in [5, 5.41) is 9.21. The molecule has 0 radical (unpaired) electrons. The van der Waals surface area contributed by atoms with E-state index in [1.54, 1.807) is 0 Å². The minimum Gasteiger partial charge on any atom is -0.379 e. The van der Waals surface area contributed by atoms with Gasteiger partial charge in [0.2, 0.25) is 5.76 Å². The number of carbonyl (C=O) groups is 2. The molecule has 1 saturated heterocycles. The molecular weight excluding hydrogens is 372 g/mol. The molecule has 2 heterocycles. The predicted molar refractivity (Wildman–Crippen MR) is 93.5 cm³/mol. The third-order valence-electron chi connectivity index (χ3n) is 5.01. The van der Waals surface area contributed by atoms with Crippen molar-refractivity contribution >= 4 is 11.8 Å². The average Bonchev–Trinajstić information content (AvgIpc) is 3.10. The molecule has 2 aliphatic rings. The number of nitrogens with zero attached hydrogens (tertiary/aromatic N) is 1. The number of aromatic nitrogens is 1. The molecular formula is C19H19F2N3O4. The summed E-state index contributed by atoms with van der Waals surface area (Å²) in [4.78, 5) is 24.2. The van der Waals surface area contributed by atoms with Gasteiger partial charge in [0, 0.05) is 24.1 Å². The van der Waals surface area contributed by atoms with Crippen LogP contribution in [0.3, 0.4) is 0 Å². The quantitative estimate of drug-likeness (QED) is 0.784. The van der Waals surface area contributed by atoms with E-state index in [1.165, 1.54) is 30.3 Å². The van der Waals surface area contributed by atoms with Gasteiger partial charge < -0.3 is 19.9 Å². The second-order valence-electron chi connectivity index (χ2n) is 7.14. The number of hydrogen-bond donors (Lipinski definition) is 2. The standard InChI is InChI=1S/C19H19F2N3O4/c20-13-3-1-11(2-4-13)14-7-16(28-24-14)17(25)22-8-12-9-27-10-15(12)23-18(26)19(21)5-6-19/h1-4,7,12,15H,5-6,8-10H2,(H,22,25)(H,23,26)/t12-,15-/m1/s1. The van der Waals surface area contributed by atoms with E-state index in [1.807, 2.05) is 0 Å². The number of rotatable bonds is 6. The molecule has 0 bridgehead atoms. The van der Waals surface area contributed by atoms with Gasteiger partial charge in [-0.15, -0.1) is 0 Å². The molecule has 1 aromatic heterocycles. The topological polar surface area (TPSA) is 93.5 Å². The van der Waals surface area contributed by atoms with Gasteiger partial charge in [-0.2, -0.15) is 0 Å². The van der Waals surface area contributed by atoms with Crippen molar-refractivity contribution in [3.63, 3.8) is 0 Å². The van der Waals surface area contributed by atoms with Crippen LogP contribution in [0.2, 0.25) is 0 Å². The Balaban J connectivity index is 1.32. The van der Waals surface area contributed by atoms with E-state index in [4.69, 9.17) is 9.26 Å². The lowest BCUT2D eigenvalue weighted by atomic mass is 10.0. The molecule has 9 heteroatoms. The van der Waals surface area contributed by atoms with E-state index in [2.05, 4.69) is 15.8 Å². The maximum Gasteiger partial charge on any atom is 0.289 e. The van der Waals surface area contributed by atoms with Crippen LogP contribution in [-0.4, -0.2) is 48.4 Å². The molecule has 2 N–H and O–H groups in total. The minimum atomic E-state index is -1.74. The van der Waals surface area contributed by atoms with Crippen molar-refractivity contribution in [3.8, 4) is 11.3 Å². The fraction of sp³-hybridized carbons (Fsp3) is 0.421. The fourth-order valence-corrected chi connectivity index (χ4v) is 3.04. The number of carbonyl (C=O) groups excluding carboxylic acids is 2. The van der Waals surface area contributed by atoms with Crippen molar-refractivity contribution in [1.82, 2.24) is 15.8 Å². The molecule has 0 spiro atoms. The van der Waals surface area contributed by atoms with E-state index in [-0.39, 0.29) is 49.5 Å². The molecule has 0 unspecified atom stereocenters. The highest BCUT2D eigenvalue weighted by Crippen LogP contribution is 2.40. The summed E-state index contributed by atoms with van der Waals surface area (Å²) in [5.74, 6) is -1.61. The molecule has 28 heavy (non-hydrogen) atoms. The Bertz CT molecular complexity index is 880. The number of benzene rings is 1. The molecule has 1 aliphatic carbocycles. The molecule has 1 saturated carbocycles. The summed E-state index contributed by atoms with van der Waals surface area (Å²) in [7, 11) is 0. The van der Waals surface area contributed by atoms with Gasteiger partial charge in [0.15, 0.2) is 5.67 Å². The maximum absolute atomic E-state index is 13.8. The van der Waals surface area contributed by atoms with E-state index in [9.17, 15) is 18.4 Å². The van der Waals surface area contributed by atoms with Crippen LogP contribution in [0, 0.1) is 11.7 Å². The van der Waals surface area contributed by atoms with E-state index >= 15 is 0 Å². The van der Waals surface area contributed by atoms with Gasteiger partial charge in [-0.25, -0.2) is 8.78 Å². The zero-order valence-electron chi connectivity index (χ0n) is 14.9. The lowest BCUT2D eigenvalue weighted by Gasteiger charge is -2.20. The van der Waals surface area contributed by atoms with Crippen molar-refractivity contribution in [2.24, 2.45) is 5.92 Å². The lowest BCUT2D eigenvalue weighted by molar-refractivity contribution is -0.128. The normalized spacial score (nSPS) is 22.6. The Hall–Kier alpha value is -2.81. The SMILES string of the molecule is O=C(NC[C@@H]1COC[C@H]1NC(=O)C1(F)CC1)c1cc(-c2ccc(F)cc2)no1. The van der Waals surface area contributed by atoms with Gasteiger partial charge in [-0.1, -0.05) is 5.16 Å². The van der Waals surface area contributed by atoms with E-state index < -0.39 is 17.5 Å². The van der Waals surface area contributed by atoms with Crippen LogP contribution in [-0.2, 0) is 9.53 Å². The van der Waals surface area contributed by atoms with E-state index in [0.717, 1.165) is 0 Å². The first-order chi connectivity index (χ1) is 13.4. The second kappa shape index (κ2) is 7.31. The Morgan fingerprint density at radius 3 is 2.68 bits per heavy atom. The fourth-order valence-electron chi connectivity index (χ4n) is 3.04. The third-order valence-corrected chi connectivity index (χ3v) is 5.01. The van der Waals surface area contributed by atoms with Gasteiger partial charge in [0.25, 0.3) is 11.8 Å². The van der Waals surface area contributed by atoms with Gasteiger partial charge in [-0.3, -0.25) is 9.59 Å². The summed E-state index contributed by atoms with van der Waals surface area (Å²) < 4.78 is 37.2. The highest BCUT2D eigenvalue weighted by atomic mass is 19.1. The zero-order valence-corrected chi connectivity index (χ0v) is 14.9. The molecule has 4 rings (SSSR count). The molecule has 2 amide bonds. The van der Waals surface area contributed by atoms with Gasteiger partial charge in [-0.05, 0) is 37.1 Å². The molecule has 2 aromatic rings. The molecule has 2 atom stereocenters. The largest absolute Gasteiger partial charge is 0.379 e. The summed E-state index contributed by atoms with van der Waals surface area (Å²) in [6.45, 7) is 0.858. The summed E-state index contributed by atoms with van der Waals surface area (Å²) in [6, 6.07) is 6.77. The molecule has 1 aromatic carbocycles. The maximum atomic E-state index is 13.8. The first-order valence-corrected chi connectivity index (χ1v) is 9.03. The van der Waals surface area contributed by atoms with Crippen LogP contribution in [0.4, 0.5) is 8.78 Å². The molecule has 7 nitrogen and oxygen atoms in total. The van der Waals surface area contributed by atoms with Crippen molar-refractivity contribution in [2.45, 2.75) is 24.6 Å². The Morgan fingerprint density at radius 1 is 1.21 bits per heavy atom. The van der Waals surface area contributed by atoms with Crippen LogP contribution in [0.1, 0.15) is 23.4 Å². The number of amides is 2. The number of halogens is 2. The monoisotopic (exact) mass is 391 g/mol. The van der Waals surface area contributed by atoms with Gasteiger partial charge in [0.05, 0.1) is 19.3 Å². The molecule has 148 valence electrons. The van der Waals surface area contributed by atoms with Crippen LogP contribution in [0.25, 0.3) is 11.3 Å².